The van der Waals surface area contributed by atoms with Gasteiger partial charge in [-0.2, -0.15) is 5.26 Å². The van der Waals surface area contributed by atoms with Crippen LogP contribution in [-0.2, 0) is 16.6 Å². The van der Waals surface area contributed by atoms with Crippen molar-refractivity contribution >= 4 is 17.3 Å². The fourth-order valence-electron chi connectivity index (χ4n) is 5.35. The number of nitrogens with zero attached hydrogens (tertiary/aromatic N) is 2. The lowest BCUT2D eigenvalue weighted by Gasteiger charge is -2.41. The molecule has 5 aliphatic heterocycles. The Kier molecular flexibility index (Phi) is 3.40. The van der Waals surface area contributed by atoms with Gasteiger partial charge in [-0.15, -0.1) is 0 Å². The molecule has 0 fully saturated rings. The number of anilines is 1. The summed E-state index contributed by atoms with van der Waals surface area (Å²) in [5.41, 5.74) is 9.35. The molecule has 1 unspecified atom stereocenters. The van der Waals surface area contributed by atoms with Crippen molar-refractivity contribution in [1.29, 1.82) is 5.26 Å². The zero-order valence-corrected chi connectivity index (χ0v) is 17.4. The highest BCUT2D eigenvalue weighted by Gasteiger charge is 2.54. The van der Waals surface area contributed by atoms with Crippen LogP contribution in [0.1, 0.15) is 16.7 Å². The summed E-state index contributed by atoms with van der Waals surface area (Å²) >= 11 is 0. The van der Waals surface area contributed by atoms with Crippen LogP contribution in [0, 0.1) is 11.3 Å². The number of rotatable bonds is 0. The highest BCUT2D eigenvalue weighted by molar-refractivity contribution is 6.12. The molecule has 0 aliphatic carbocycles. The molecule has 0 radical (unpaired) electrons. The largest absolute Gasteiger partial charge is 0.486 e. The van der Waals surface area contributed by atoms with E-state index < -0.39 is 5.41 Å². The van der Waals surface area contributed by atoms with Crippen LogP contribution in [0.3, 0.4) is 0 Å². The number of nitrogens with two attached hydrogens (primary N) is 1. The van der Waals surface area contributed by atoms with Gasteiger partial charge in [-0.3, -0.25) is 4.79 Å². The monoisotopic (exact) mass is 442 g/mol. The van der Waals surface area contributed by atoms with Crippen molar-refractivity contribution in [3.8, 4) is 29.1 Å². The van der Waals surface area contributed by atoms with Gasteiger partial charge in [0, 0.05) is 35.1 Å². The number of carbonyl (C=O) groups is 1. The minimum absolute atomic E-state index is 0.175. The lowest BCUT2D eigenvalue weighted by atomic mass is 9.71. The standard InChI is InChI=1S/C24H18N4O5/c25-10-15-22(26)28-2-1-12-5-18-19(33-11-32-18)6-13(12)17(28)9-24(15)14-7-20-21(31-4-3-30-20)8-16(14)27-23(24)29/h5-9H,1-4,11,26H2,(H,27,29). The average molecular weight is 442 g/mol. The molecule has 1 atom stereocenters. The van der Waals surface area contributed by atoms with Gasteiger partial charge in [-0.25, -0.2) is 0 Å². The predicted octanol–water partition coefficient (Wildman–Crippen LogP) is 1.98. The summed E-state index contributed by atoms with van der Waals surface area (Å²) in [5, 5.41) is 13.1. The summed E-state index contributed by atoms with van der Waals surface area (Å²) in [4.78, 5) is 15.5. The Labute approximate surface area is 188 Å². The predicted molar refractivity (Wildman–Crippen MR) is 116 cm³/mol. The molecule has 0 bridgehead atoms. The Morgan fingerprint density at radius 3 is 2.55 bits per heavy atom. The molecule has 2 aromatic carbocycles. The molecule has 0 saturated carbocycles. The van der Waals surface area contributed by atoms with E-state index in [0.29, 0.717) is 54.0 Å². The van der Waals surface area contributed by atoms with Gasteiger partial charge in [-0.05, 0) is 36.3 Å². The van der Waals surface area contributed by atoms with E-state index in [1.807, 2.05) is 23.1 Å². The fourth-order valence-corrected chi connectivity index (χ4v) is 5.35. The second-order valence-corrected chi connectivity index (χ2v) is 8.47. The van der Waals surface area contributed by atoms with Crippen molar-refractivity contribution in [2.45, 2.75) is 11.8 Å². The Balaban J connectivity index is 1.49. The topological polar surface area (TPSA) is 119 Å². The zero-order chi connectivity index (χ0) is 22.3. The van der Waals surface area contributed by atoms with E-state index in [0.717, 1.165) is 23.2 Å². The number of ether oxygens (including phenoxy) is 4. The molecule has 3 N–H and O–H groups in total. The molecule has 0 aromatic heterocycles. The van der Waals surface area contributed by atoms with Gasteiger partial charge in [0.2, 0.25) is 12.7 Å². The molecule has 9 heteroatoms. The van der Waals surface area contributed by atoms with Gasteiger partial charge < -0.3 is 34.9 Å². The van der Waals surface area contributed by atoms with Gasteiger partial charge in [0.1, 0.15) is 30.5 Å². The van der Waals surface area contributed by atoms with E-state index in [4.69, 9.17) is 24.7 Å². The number of amides is 1. The molecule has 9 nitrogen and oxygen atoms in total. The molecule has 1 spiro atoms. The van der Waals surface area contributed by atoms with E-state index in [2.05, 4.69) is 11.4 Å². The van der Waals surface area contributed by atoms with Crippen LogP contribution in [0.25, 0.3) is 5.70 Å². The molecule has 2 aromatic rings. The number of hydrogen-bond acceptors (Lipinski definition) is 8. The molecule has 7 rings (SSSR count). The first-order valence-electron chi connectivity index (χ1n) is 10.7. The third-order valence-electron chi connectivity index (χ3n) is 6.89. The highest BCUT2D eigenvalue weighted by Crippen LogP contribution is 2.53. The Bertz CT molecular complexity index is 1390. The SMILES string of the molecule is N#CC1=C(N)N2CCc3cc4c(cc3C2=CC12C(=O)Nc1cc3c(cc12)OCCO3)OCO4. The number of benzene rings is 2. The van der Waals surface area contributed by atoms with Crippen LogP contribution < -0.4 is 30.0 Å². The Hall–Kier alpha value is -4.32. The van der Waals surface area contributed by atoms with Crippen molar-refractivity contribution in [2.24, 2.45) is 5.73 Å². The van der Waals surface area contributed by atoms with E-state index in [1.165, 1.54) is 0 Å². The average Bonchev–Trinajstić information content (AvgIpc) is 3.38. The van der Waals surface area contributed by atoms with Crippen LogP contribution in [0.4, 0.5) is 5.69 Å². The Morgan fingerprint density at radius 1 is 1.03 bits per heavy atom. The Morgan fingerprint density at radius 2 is 1.76 bits per heavy atom. The van der Waals surface area contributed by atoms with Crippen molar-refractivity contribution in [2.75, 3.05) is 31.9 Å². The lowest BCUT2D eigenvalue weighted by molar-refractivity contribution is -0.118. The smallest absolute Gasteiger partial charge is 0.244 e. The summed E-state index contributed by atoms with van der Waals surface area (Å²) in [6, 6.07) is 9.66. The fraction of sp³-hybridized carbons (Fsp3) is 0.250. The van der Waals surface area contributed by atoms with Crippen LogP contribution in [0.2, 0.25) is 0 Å². The number of hydrogen-bond donors (Lipinski definition) is 2. The summed E-state index contributed by atoms with van der Waals surface area (Å²) in [6.07, 6.45) is 2.57. The third-order valence-corrected chi connectivity index (χ3v) is 6.89. The molecular weight excluding hydrogens is 424 g/mol. The first kappa shape index (κ1) is 18.3. The lowest BCUT2D eigenvalue weighted by Crippen LogP contribution is -2.45. The molecular formula is C24H18N4O5. The zero-order valence-electron chi connectivity index (χ0n) is 17.4. The summed E-state index contributed by atoms with van der Waals surface area (Å²) in [6.45, 7) is 1.61. The van der Waals surface area contributed by atoms with Crippen LogP contribution in [0.15, 0.2) is 41.7 Å². The number of nitriles is 1. The van der Waals surface area contributed by atoms with E-state index >= 15 is 0 Å². The maximum Gasteiger partial charge on any atom is 0.244 e. The number of carbonyl (C=O) groups excluding carboxylic acids is 1. The first-order chi connectivity index (χ1) is 16.1. The van der Waals surface area contributed by atoms with Crippen molar-refractivity contribution < 1.29 is 23.7 Å². The summed E-state index contributed by atoms with van der Waals surface area (Å²) in [7, 11) is 0. The second kappa shape index (κ2) is 6.13. The number of nitrogens with one attached hydrogen (secondary N) is 1. The second-order valence-electron chi connectivity index (χ2n) is 8.47. The van der Waals surface area contributed by atoms with Crippen molar-refractivity contribution in [1.82, 2.24) is 4.90 Å². The van der Waals surface area contributed by atoms with Gasteiger partial charge >= 0.3 is 0 Å². The van der Waals surface area contributed by atoms with Gasteiger partial charge in [0.05, 0.1) is 5.57 Å². The number of fused-ring (bicyclic) bond motifs is 7. The van der Waals surface area contributed by atoms with Crippen LogP contribution in [-0.4, -0.2) is 37.4 Å². The van der Waals surface area contributed by atoms with E-state index in [9.17, 15) is 10.1 Å². The molecule has 1 amide bonds. The minimum atomic E-state index is -1.37. The quantitative estimate of drug-likeness (QED) is 0.636. The molecule has 164 valence electrons. The maximum absolute atomic E-state index is 13.6. The van der Waals surface area contributed by atoms with Gasteiger partial charge in [0.15, 0.2) is 23.0 Å². The molecule has 5 aliphatic rings. The van der Waals surface area contributed by atoms with Crippen LogP contribution >= 0.6 is 0 Å². The first-order valence-corrected chi connectivity index (χ1v) is 10.7. The van der Waals surface area contributed by atoms with Gasteiger partial charge in [0.25, 0.3) is 0 Å². The van der Waals surface area contributed by atoms with E-state index in [-0.39, 0.29) is 24.1 Å². The van der Waals surface area contributed by atoms with Crippen LogP contribution in [0.5, 0.6) is 23.0 Å². The molecule has 0 saturated heterocycles. The maximum atomic E-state index is 13.6. The normalized spacial score (nSPS) is 23.4. The summed E-state index contributed by atoms with van der Waals surface area (Å²) < 4.78 is 22.6. The van der Waals surface area contributed by atoms with Gasteiger partial charge in [-0.1, -0.05) is 0 Å². The van der Waals surface area contributed by atoms with Crippen molar-refractivity contribution in [3.05, 3.63) is 58.4 Å². The van der Waals surface area contributed by atoms with E-state index in [1.54, 1.807) is 12.1 Å². The highest BCUT2D eigenvalue weighted by atomic mass is 16.7. The van der Waals surface area contributed by atoms with Crippen molar-refractivity contribution in [3.63, 3.8) is 0 Å². The summed E-state index contributed by atoms with van der Waals surface area (Å²) in [5.74, 6) is 2.40. The third kappa shape index (κ3) is 2.22. The molecule has 5 heterocycles. The molecule has 33 heavy (non-hydrogen) atoms. The minimum Gasteiger partial charge on any atom is -0.486 e.